The number of fused-ring (bicyclic) bond motifs is 1. The molecule has 1 heterocycles. The van der Waals surface area contributed by atoms with Crippen LogP contribution in [0.5, 0.6) is 0 Å². The van der Waals surface area contributed by atoms with Gasteiger partial charge in [-0.05, 0) is 41.3 Å². The van der Waals surface area contributed by atoms with Crippen LogP contribution in [0.25, 0.3) is 0 Å². The number of hydrogen-bond donors (Lipinski definition) is 0. The topological polar surface area (TPSA) is 43.9 Å². The Kier molecular flexibility index (Phi) is 4.72. The standard InChI is InChI=1S/C21H25N3O2/c1-14(2)15-6-9-17(10-7-15)24-13-16-8-11-18(12-19(16)20(24)25)23(5)21(26)22(3)4/h6-12,14H,13H2,1-5H3. The third kappa shape index (κ3) is 3.17. The second-order valence-corrected chi connectivity index (χ2v) is 7.21. The molecule has 0 aliphatic carbocycles. The molecule has 0 fully saturated rings. The number of amides is 3. The van der Waals surface area contributed by atoms with Crippen molar-refractivity contribution >= 4 is 23.3 Å². The molecule has 3 amide bonds. The Bertz CT molecular complexity index is 841. The van der Waals surface area contributed by atoms with Crippen LogP contribution in [0.3, 0.4) is 0 Å². The minimum atomic E-state index is -0.128. The van der Waals surface area contributed by atoms with Crippen molar-refractivity contribution < 1.29 is 9.59 Å². The molecule has 0 aromatic heterocycles. The lowest BCUT2D eigenvalue weighted by atomic mass is 10.0. The normalized spacial score (nSPS) is 13.2. The lowest BCUT2D eigenvalue weighted by molar-refractivity contribution is 0.0996. The van der Waals surface area contributed by atoms with Gasteiger partial charge in [0.1, 0.15) is 0 Å². The number of carbonyl (C=O) groups is 2. The molecular weight excluding hydrogens is 326 g/mol. The summed E-state index contributed by atoms with van der Waals surface area (Å²) < 4.78 is 0. The summed E-state index contributed by atoms with van der Waals surface area (Å²) in [5.74, 6) is 0.438. The van der Waals surface area contributed by atoms with Gasteiger partial charge in [0.05, 0.1) is 6.54 Å². The Hall–Kier alpha value is -2.82. The first-order valence-electron chi connectivity index (χ1n) is 8.79. The number of benzene rings is 2. The van der Waals surface area contributed by atoms with Gasteiger partial charge in [-0.15, -0.1) is 0 Å². The van der Waals surface area contributed by atoms with Crippen molar-refractivity contribution in [3.8, 4) is 0 Å². The first kappa shape index (κ1) is 18.0. The number of hydrogen-bond acceptors (Lipinski definition) is 2. The highest BCUT2D eigenvalue weighted by atomic mass is 16.2. The maximum absolute atomic E-state index is 12.9. The van der Waals surface area contributed by atoms with E-state index in [1.54, 1.807) is 30.9 Å². The Labute approximate surface area is 154 Å². The summed E-state index contributed by atoms with van der Waals surface area (Å²) in [4.78, 5) is 29.9. The van der Waals surface area contributed by atoms with Gasteiger partial charge in [0, 0.05) is 38.1 Å². The quantitative estimate of drug-likeness (QED) is 0.836. The van der Waals surface area contributed by atoms with E-state index in [2.05, 4.69) is 26.0 Å². The van der Waals surface area contributed by atoms with E-state index in [1.807, 2.05) is 30.3 Å². The molecule has 0 atom stereocenters. The molecule has 5 nitrogen and oxygen atoms in total. The van der Waals surface area contributed by atoms with Crippen molar-refractivity contribution in [2.45, 2.75) is 26.3 Å². The Morgan fingerprint density at radius 1 is 1.04 bits per heavy atom. The average molecular weight is 351 g/mol. The summed E-state index contributed by atoms with van der Waals surface area (Å²) in [6.45, 7) is 4.86. The molecule has 0 spiro atoms. The molecule has 0 unspecified atom stereocenters. The summed E-state index contributed by atoms with van der Waals surface area (Å²) in [7, 11) is 5.13. The van der Waals surface area contributed by atoms with Gasteiger partial charge in [0.15, 0.2) is 0 Å². The molecule has 1 aliphatic heterocycles. The number of rotatable bonds is 3. The van der Waals surface area contributed by atoms with Crippen LogP contribution in [0.4, 0.5) is 16.2 Å². The summed E-state index contributed by atoms with van der Waals surface area (Å²) in [5.41, 5.74) is 4.51. The van der Waals surface area contributed by atoms with E-state index < -0.39 is 0 Å². The molecule has 2 aromatic carbocycles. The molecule has 0 saturated heterocycles. The fraction of sp³-hybridized carbons (Fsp3) is 0.333. The molecule has 2 aromatic rings. The van der Waals surface area contributed by atoms with E-state index in [4.69, 9.17) is 0 Å². The number of carbonyl (C=O) groups excluding carboxylic acids is 2. The second-order valence-electron chi connectivity index (χ2n) is 7.21. The van der Waals surface area contributed by atoms with Gasteiger partial charge >= 0.3 is 6.03 Å². The summed E-state index contributed by atoms with van der Waals surface area (Å²) in [5, 5.41) is 0. The lowest BCUT2D eigenvalue weighted by Gasteiger charge is -2.22. The van der Waals surface area contributed by atoms with E-state index in [-0.39, 0.29) is 11.9 Å². The number of nitrogens with zero attached hydrogens (tertiary/aromatic N) is 3. The predicted octanol–water partition coefficient (Wildman–Crippen LogP) is 4.09. The molecule has 0 saturated carbocycles. The van der Waals surface area contributed by atoms with Gasteiger partial charge in [-0.3, -0.25) is 9.69 Å². The largest absolute Gasteiger partial charge is 0.330 e. The molecule has 5 heteroatoms. The fourth-order valence-corrected chi connectivity index (χ4v) is 3.16. The van der Waals surface area contributed by atoms with Crippen LogP contribution in [-0.4, -0.2) is 38.0 Å². The number of anilines is 2. The van der Waals surface area contributed by atoms with Crippen molar-refractivity contribution in [3.05, 3.63) is 59.2 Å². The van der Waals surface area contributed by atoms with Crippen LogP contribution >= 0.6 is 0 Å². The van der Waals surface area contributed by atoms with Gasteiger partial charge in [-0.1, -0.05) is 32.0 Å². The van der Waals surface area contributed by atoms with Gasteiger partial charge in [-0.2, -0.15) is 0 Å². The zero-order valence-electron chi connectivity index (χ0n) is 16.0. The minimum absolute atomic E-state index is 0.0233. The maximum atomic E-state index is 12.9. The molecule has 1 aliphatic rings. The third-order valence-electron chi connectivity index (χ3n) is 4.83. The van der Waals surface area contributed by atoms with Crippen LogP contribution in [0, 0.1) is 0 Å². The fourth-order valence-electron chi connectivity index (χ4n) is 3.16. The third-order valence-corrected chi connectivity index (χ3v) is 4.83. The molecule has 26 heavy (non-hydrogen) atoms. The summed E-state index contributed by atoms with van der Waals surface area (Å²) >= 11 is 0. The molecule has 3 rings (SSSR count). The first-order chi connectivity index (χ1) is 12.3. The van der Waals surface area contributed by atoms with Gasteiger partial charge in [0.25, 0.3) is 5.91 Å². The molecule has 0 N–H and O–H groups in total. The smallest absolute Gasteiger partial charge is 0.323 e. The highest BCUT2D eigenvalue weighted by Gasteiger charge is 2.29. The van der Waals surface area contributed by atoms with Crippen LogP contribution < -0.4 is 9.80 Å². The highest BCUT2D eigenvalue weighted by Crippen LogP contribution is 2.31. The van der Waals surface area contributed by atoms with Crippen molar-refractivity contribution in [1.82, 2.24) is 4.90 Å². The van der Waals surface area contributed by atoms with E-state index in [9.17, 15) is 9.59 Å². The minimum Gasteiger partial charge on any atom is -0.330 e. The van der Waals surface area contributed by atoms with Crippen LogP contribution in [0.2, 0.25) is 0 Å². The average Bonchev–Trinajstić information content (AvgIpc) is 2.96. The van der Waals surface area contributed by atoms with Crippen LogP contribution in [-0.2, 0) is 6.54 Å². The Morgan fingerprint density at radius 3 is 2.27 bits per heavy atom. The van der Waals surface area contributed by atoms with Crippen LogP contribution in [0.1, 0.15) is 41.3 Å². The monoisotopic (exact) mass is 351 g/mol. The second kappa shape index (κ2) is 6.83. The van der Waals surface area contributed by atoms with Crippen molar-refractivity contribution in [2.75, 3.05) is 30.9 Å². The molecular formula is C21H25N3O2. The summed E-state index contributed by atoms with van der Waals surface area (Å²) in [6.07, 6.45) is 0. The predicted molar refractivity (Wildman–Crippen MR) is 105 cm³/mol. The molecule has 0 bridgehead atoms. The zero-order valence-corrected chi connectivity index (χ0v) is 16.0. The van der Waals surface area contributed by atoms with Crippen molar-refractivity contribution in [1.29, 1.82) is 0 Å². The van der Waals surface area contributed by atoms with Gasteiger partial charge in [-0.25, -0.2) is 4.79 Å². The van der Waals surface area contributed by atoms with Gasteiger partial charge in [0.2, 0.25) is 0 Å². The maximum Gasteiger partial charge on any atom is 0.323 e. The van der Waals surface area contributed by atoms with E-state index in [0.29, 0.717) is 23.7 Å². The van der Waals surface area contributed by atoms with E-state index in [0.717, 1.165) is 11.3 Å². The van der Waals surface area contributed by atoms with Crippen molar-refractivity contribution in [3.63, 3.8) is 0 Å². The zero-order chi connectivity index (χ0) is 19.0. The SMILES string of the molecule is CC(C)c1ccc(N2Cc3ccc(N(C)C(=O)N(C)C)cc3C2=O)cc1. The van der Waals surface area contributed by atoms with Crippen molar-refractivity contribution in [2.24, 2.45) is 0 Å². The highest BCUT2D eigenvalue weighted by molar-refractivity contribution is 6.11. The van der Waals surface area contributed by atoms with E-state index in [1.165, 1.54) is 10.5 Å². The van der Waals surface area contributed by atoms with Crippen LogP contribution in [0.15, 0.2) is 42.5 Å². The summed E-state index contributed by atoms with van der Waals surface area (Å²) in [6, 6.07) is 13.7. The Morgan fingerprint density at radius 2 is 1.69 bits per heavy atom. The van der Waals surface area contributed by atoms with E-state index >= 15 is 0 Å². The van der Waals surface area contributed by atoms with Gasteiger partial charge < -0.3 is 9.80 Å². The molecule has 136 valence electrons. The molecule has 0 radical (unpaired) electrons. The lowest BCUT2D eigenvalue weighted by Crippen LogP contribution is -2.36. The first-order valence-corrected chi connectivity index (χ1v) is 8.79. The Balaban J connectivity index is 1.86. The number of urea groups is 1.